The SMILES string of the molecule is C=Cc1cn([C@@H]2O[C@H](CCP(=C)(C)C)[C@@H](O)[C@H]2O)c(=O)[nH]c1=O.C=P(C)(C)CC[C@H]1O[C@@H](n2cc(/C=C/C(=O)OC)c(=O)[nH]c2=O)[C@H](O)[C@@H]1O.C=P(C)(C)CC[C@H]1O[C@@H](n2cc(/C=C/CN)c(=O)[nH]c2=O)[C@H](O)[C@@H]1O.C=P(C)(C)CC[C@H]1O[C@@H](n2cc(C)c(=O)[nH]c2=S)[C@H](O)[C@@H]1O. The molecule has 0 spiro atoms. The summed E-state index contributed by atoms with van der Waals surface area (Å²) >= 11 is 5.12. The van der Waals surface area contributed by atoms with Crippen molar-refractivity contribution in [1.82, 2.24) is 38.2 Å². The number of nitrogens with zero attached hydrogens (tertiary/aromatic N) is 4. The molecular formula is C62H97N9O21P4S. The molecule has 0 radical (unpaired) electrons. The van der Waals surface area contributed by atoms with Gasteiger partial charge < -0.3 is 70.3 Å². The zero-order valence-corrected chi connectivity index (χ0v) is 60.7. The molecule has 4 aliphatic heterocycles. The van der Waals surface area contributed by atoms with E-state index in [0.29, 0.717) is 31.2 Å². The molecule has 0 unspecified atom stereocenters. The summed E-state index contributed by atoms with van der Waals surface area (Å²) in [6.45, 7) is 16.9. The summed E-state index contributed by atoms with van der Waals surface area (Å²) < 4.78 is 32.2. The first-order valence-electron chi connectivity index (χ1n) is 30.8. The van der Waals surface area contributed by atoms with Gasteiger partial charge in [0.1, 0.15) is 48.8 Å². The molecule has 0 bridgehead atoms. The van der Waals surface area contributed by atoms with Crippen molar-refractivity contribution in [2.24, 2.45) is 5.73 Å². The van der Waals surface area contributed by atoms with E-state index in [1.54, 1.807) is 19.2 Å². The van der Waals surface area contributed by atoms with E-state index in [1.165, 1.54) is 48.5 Å². The fourth-order valence-corrected chi connectivity index (χ4v) is 14.4. The summed E-state index contributed by atoms with van der Waals surface area (Å²) in [6, 6.07) is 0. The van der Waals surface area contributed by atoms with Crippen molar-refractivity contribution >= 4 is 89.2 Å². The summed E-state index contributed by atoms with van der Waals surface area (Å²) in [5, 5.41) is 82.0. The van der Waals surface area contributed by atoms with Gasteiger partial charge in [0.05, 0.1) is 48.2 Å². The van der Waals surface area contributed by atoms with Gasteiger partial charge in [-0.1, -0.05) is 24.8 Å². The zero-order valence-electron chi connectivity index (χ0n) is 56.3. The molecule has 35 heteroatoms. The number of aryl methyl sites for hydroxylation is 1. The number of carbonyl (C=O) groups is 1. The molecule has 14 N–H and O–H groups in total. The Bertz CT molecular complexity index is 4190. The fraction of sp³-hybridized carbons (Fsp3) is 0.565. The van der Waals surface area contributed by atoms with Crippen LogP contribution in [0.3, 0.4) is 0 Å². The van der Waals surface area contributed by atoms with E-state index >= 15 is 0 Å². The number of hydrogen-bond acceptors (Lipinski definition) is 23. The van der Waals surface area contributed by atoms with Crippen LogP contribution in [0.5, 0.6) is 0 Å². The molecule has 0 aliphatic carbocycles. The molecule has 542 valence electrons. The minimum absolute atomic E-state index is 0.00134. The third kappa shape index (κ3) is 23.0. The zero-order chi connectivity index (χ0) is 73.1. The quantitative estimate of drug-likeness (QED) is 0.0216. The smallest absolute Gasteiger partial charge is 0.330 e. The third-order valence-electron chi connectivity index (χ3n) is 15.9. The van der Waals surface area contributed by atoms with E-state index in [4.69, 9.17) is 36.9 Å². The Morgan fingerprint density at radius 2 is 0.804 bits per heavy atom. The number of H-pyrrole nitrogens is 4. The number of esters is 1. The lowest BCUT2D eigenvalue weighted by atomic mass is 10.1. The van der Waals surface area contributed by atoms with Crippen LogP contribution in [-0.2, 0) is 28.5 Å². The van der Waals surface area contributed by atoms with Crippen molar-refractivity contribution in [3.8, 4) is 0 Å². The summed E-state index contributed by atoms with van der Waals surface area (Å²) in [7, 11) is 1.19. The standard InChI is InChI=1S/C17H25N2O7P.C16H26N3O5P.C15H23N2O5P.C14H23N2O4PS/c1-25-12(20)6-5-10-9-19(17(24)18-15(10)23)16-14(22)13(21)11(26-16)7-8-27(2,3)4;1-25(2,3)8-6-11-12(20)13(21)15(24-11)19-9-10(5-4-7-17)14(22)18-16(19)23;1-5-9-8-17(15(21)16-13(9)20)14-12(19)11(18)10(22-14)6-7-23(2,3)4;1-8-7-16(14(22)15-12(8)19)13-11(18)10(17)9(20-13)5-6-21(2,3)4/h5-6,9,11,13-14,16,21-22H,2,7-8H2,1,3-4H3,(H,18,23,24);4-5,9,11-13,15,20-21H,1,6-8,17H2,2-3H3,(H,18,22,23);5,8,10-12,14,18-19H,1-2,6-7H2,3-4H3,(H,16,20,21);7,9-11,13,17-18H,2,5-6H2,1,3-4H3,(H,15,19,22)/b6-5+;5-4+;;/t11-,13-,14-,16-;11-,12-,13-,15-;10-,11-,12-,14-;9-,10-,11-,13-/m1111/s1. The number of methoxy groups -OCH3 is 1. The molecule has 4 saturated heterocycles. The summed E-state index contributed by atoms with van der Waals surface area (Å²) in [6.07, 6.45) is 18.0. The average molecular weight is 1460 g/mol. The maximum absolute atomic E-state index is 12.2. The van der Waals surface area contributed by atoms with Gasteiger partial charge in [0.2, 0.25) is 0 Å². The van der Waals surface area contributed by atoms with Gasteiger partial charge in [-0.3, -0.25) is 57.4 Å². The van der Waals surface area contributed by atoms with E-state index in [1.807, 2.05) is 0 Å². The molecule has 8 rings (SSSR count). The van der Waals surface area contributed by atoms with Gasteiger partial charge in [-0.05, 0) is 129 Å². The van der Waals surface area contributed by atoms with Crippen molar-refractivity contribution in [3.05, 3.63) is 143 Å². The number of aliphatic hydroxyl groups excluding tert-OH is 8. The highest BCUT2D eigenvalue weighted by Crippen LogP contribution is 2.43. The van der Waals surface area contributed by atoms with E-state index in [2.05, 4.69) is 110 Å². The molecular weight excluding hydrogens is 1360 g/mol. The molecule has 97 heavy (non-hydrogen) atoms. The number of aromatic nitrogens is 8. The number of nitrogens with two attached hydrogens (primary N) is 1. The lowest BCUT2D eigenvalue weighted by Gasteiger charge is -2.19. The van der Waals surface area contributed by atoms with Crippen LogP contribution in [0.25, 0.3) is 18.2 Å². The molecule has 16 atom stereocenters. The van der Waals surface area contributed by atoms with Crippen molar-refractivity contribution in [2.75, 3.05) is 91.6 Å². The average Bonchev–Trinajstić information content (AvgIpc) is 1.71. The Kier molecular flexibility index (Phi) is 29.4. The van der Waals surface area contributed by atoms with Gasteiger partial charge in [0.25, 0.3) is 22.2 Å². The number of nitrogens with one attached hydrogen (secondary N) is 4. The summed E-state index contributed by atoms with van der Waals surface area (Å²) in [5.41, 5.74) is 1.93. The first-order chi connectivity index (χ1) is 44.9. The lowest BCUT2D eigenvalue weighted by Crippen LogP contribution is -2.38. The molecule has 30 nitrogen and oxygen atoms in total. The van der Waals surface area contributed by atoms with Crippen LogP contribution in [0.1, 0.15) is 72.8 Å². The predicted octanol–water partition coefficient (Wildman–Crippen LogP) is -0.501. The van der Waals surface area contributed by atoms with E-state index < -0.39 is 165 Å². The number of ether oxygens (including phenoxy) is 5. The Morgan fingerprint density at radius 1 is 0.505 bits per heavy atom. The summed E-state index contributed by atoms with van der Waals surface area (Å²) in [4.78, 5) is 103. The predicted molar refractivity (Wildman–Crippen MR) is 389 cm³/mol. The van der Waals surface area contributed by atoms with E-state index in [9.17, 15) is 79.2 Å². The van der Waals surface area contributed by atoms with Crippen LogP contribution in [-0.4, -0.2) is 275 Å². The maximum Gasteiger partial charge on any atom is 0.330 e. The van der Waals surface area contributed by atoms with Crippen LogP contribution in [0.2, 0.25) is 0 Å². The minimum Gasteiger partial charge on any atom is -0.466 e. The highest BCUT2D eigenvalue weighted by molar-refractivity contribution is 7.73. The number of aromatic amines is 4. The molecule has 8 heterocycles. The van der Waals surface area contributed by atoms with Crippen LogP contribution >= 0.6 is 39.8 Å². The lowest BCUT2D eigenvalue weighted by molar-refractivity contribution is -0.134. The van der Waals surface area contributed by atoms with Gasteiger partial charge in [-0.2, -0.15) is 0 Å². The fourth-order valence-electron chi connectivity index (χ4n) is 10.3. The Balaban J connectivity index is 0.000000234. The van der Waals surface area contributed by atoms with Crippen LogP contribution < -0.4 is 45.0 Å². The van der Waals surface area contributed by atoms with Crippen LogP contribution in [0.15, 0.2) is 77.1 Å². The van der Waals surface area contributed by atoms with E-state index in [-0.39, 0.29) is 33.6 Å². The normalized spacial score (nSPS) is 27.4. The molecule has 0 aromatic carbocycles. The Labute approximate surface area is 565 Å². The van der Waals surface area contributed by atoms with Crippen LogP contribution in [0.4, 0.5) is 0 Å². The molecule has 4 aromatic rings. The molecule has 4 aromatic heterocycles. The number of carbonyl (C=O) groups excluding carboxylic acids is 1. The maximum atomic E-state index is 12.2. The second kappa shape index (κ2) is 34.7. The largest absolute Gasteiger partial charge is 0.466 e. The van der Waals surface area contributed by atoms with Gasteiger partial charge in [-0.15, -0.1) is 52.7 Å². The van der Waals surface area contributed by atoms with Gasteiger partial charge in [-0.25, -0.2) is 19.2 Å². The second-order valence-electron chi connectivity index (χ2n) is 26.9. The topological polar surface area (TPSA) is 453 Å². The van der Waals surface area contributed by atoms with Gasteiger partial charge in [0, 0.05) is 43.0 Å². The molecule has 0 amide bonds. The Morgan fingerprint density at radius 3 is 1.10 bits per heavy atom. The van der Waals surface area contributed by atoms with Gasteiger partial charge in [0.15, 0.2) is 29.7 Å². The first-order valence-corrected chi connectivity index (χ1v) is 43.4. The molecule has 4 aliphatic rings. The third-order valence-corrected chi connectivity index (χ3v) is 22.1. The second-order valence-corrected chi connectivity index (χ2v) is 44.6. The number of aliphatic hydroxyl groups is 8. The molecule has 4 fully saturated rings. The van der Waals surface area contributed by atoms with Crippen LogP contribution in [0, 0.1) is 11.7 Å². The number of rotatable bonds is 21. The summed E-state index contributed by atoms with van der Waals surface area (Å²) in [5.74, 6) is -0.668. The minimum atomic E-state index is -1.35. The highest BCUT2D eigenvalue weighted by atomic mass is 32.1. The van der Waals surface area contributed by atoms with Crippen molar-refractivity contribution < 1.29 is 69.3 Å². The first kappa shape index (κ1) is 82.2. The number of hydrogen-bond donors (Lipinski definition) is 13. The highest BCUT2D eigenvalue weighted by Gasteiger charge is 2.47. The van der Waals surface area contributed by atoms with Crippen molar-refractivity contribution in [3.63, 3.8) is 0 Å². The van der Waals surface area contributed by atoms with E-state index in [0.717, 1.165) is 44.4 Å². The molecule has 0 saturated carbocycles. The monoisotopic (exact) mass is 1460 g/mol. The van der Waals surface area contributed by atoms with Crippen molar-refractivity contribution in [1.29, 1.82) is 0 Å². The van der Waals surface area contributed by atoms with Gasteiger partial charge >= 0.3 is 23.0 Å². The Hall–Kier alpha value is -5.49. The van der Waals surface area contributed by atoms with Crippen molar-refractivity contribution in [2.45, 2.75) is 131 Å².